The lowest BCUT2D eigenvalue weighted by Gasteiger charge is -2.11. The Bertz CT molecular complexity index is 575. The van der Waals surface area contributed by atoms with Crippen LogP contribution < -0.4 is 10.1 Å². The van der Waals surface area contributed by atoms with Crippen molar-refractivity contribution in [2.75, 3.05) is 14.2 Å². The molecule has 1 unspecified atom stereocenters. The highest BCUT2D eigenvalue weighted by Gasteiger charge is 2.32. The molecular weight excluding hydrogens is 238 g/mol. The van der Waals surface area contributed by atoms with E-state index in [0.29, 0.717) is 15.6 Å². The van der Waals surface area contributed by atoms with Crippen LogP contribution in [0.15, 0.2) is 28.0 Å². The van der Waals surface area contributed by atoms with Gasteiger partial charge in [0, 0.05) is 6.04 Å². The molecule has 0 aromatic heterocycles. The van der Waals surface area contributed by atoms with Gasteiger partial charge in [0.2, 0.25) is 9.84 Å². The third-order valence-electron chi connectivity index (χ3n) is 2.98. The van der Waals surface area contributed by atoms with Crippen molar-refractivity contribution >= 4 is 15.9 Å². The fourth-order valence-electron chi connectivity index (χ4n) is 1.85. The summed E-state index contributed by atoms with van der Waals surface area (Å²) in [6.07, 6.45) is 1.71. The molecule has 1 N–H and O–H groups in total. The molecule has 0 spiro atoms. The summed E-state index contributed by atoms with van der Waals surface area (Å²) in [5.74, 6) is 0.555. The molecule has 1 heterocycles. The van der Waals surface area contributed by atoms with E-state index in [-0.39, 0.29) is 6.04 Å². The Hall–Kier alpha value is -1.33. The van der Waals surface area contributed by atoms with E-state index >= 15 is 0 Å². The minimum absolute atomic E-state index is 0.196. The first-order chi connectivity index (χ1) is 8.00. The number of hydrogen-bond donors (Lipinski definition) is 1. The largest absolute Gasteiger partial charge is 0.497 e. The topological polar surface area (TPSA) is 55.4 Å². The first-order valence-corrected chi connectivity index (χ1v) is 6.81. The molecule has 1 aliphatic rings. The number of sulfone groups is 1. The van der Waals surface area contributed by atoms with Gasteiger partial charge in [-0.1, -0.05) is 0 Å². The van der Waals surface area contributed by atoms with E-state index in [0.717, 1.165) is 5.56 Å². The zero-order chi connectivity index (χ0) is 12.6. The molecule has 5 heteroatoms. The Labute approximate surface area is 101 Å². The van der Waals surface area contributed by atoms with Gasteiger partial charge in [-0.2, -0.15) is 0 Å². The summed E-state index contributed by atoms with van der Waals surface area (Å²) in [5.41, 5.74) is 0.725. The van der Waals surface area contributed by atoms with Gasteiger partial charge in [0.05, 0.1) is 16.9 Å². The van der Waals surface area contributed by atoms with Crippen LogP contribution in [0.4, 0.5) is 0 Å². The van der Waals surface area contributed by atoms with E-state index in [1.54, 1.807) is 31.3 Å². The van der Waals surface area contributed by atoms with E-state index in [1.807, 2.05) is 6.92 Å². The number of benzene rings is 1. The number of methoxy groups -OCH3 is 1. The number of rotatable bonds is 3. The molecule has 0 bridgehead atoms. The normalized spacial score (nSPS) is 18.4. The lowest BCUT2D eigenvalue weighted by molar-refractivity contribution is 0.413. The molecule has 0 fully saturated rings. The van der Waals surface area contributed by atoms with Crippen LogP contribution in [-0.2, 0) is 9.84 Å². The average molecular weight is 253 g/mol. The summed E-state index contributed by atoms with van der Waals surface area (Å²) in [6, 6.07) is 4.90. The fraction of sp³-hybridized carbons (Fsp3) is 0.333. The number of likely N-dealkylation sites (N-methyl/N-ethyl adjacent to an activating group) is 1. The molecular formula is C12H15NO3S. The summed E-state index contributed by atoms with van der Waals surface area (Å²) in [6.45, 7) is 1.83. The van der Waals surface area contributed by atoms with Crippen molar-refractivity contribution in [3.05, 3.63) is 28.7 Å². The van der Waals surface area contributed by atoms with Crippen LogP contribution in [0, 0.1) is 0 Å². The second kappa shape index (κ2) is 4.16. The van der Waals surface area contributed by atoms with Gasteiger partial charge in [0.25, 0.3) is 0 Å². The second-order valence-electron chi connectivity index (χ2n) is 3.96. The monoisotopic (exact) mass is 253 g/mol. The van der Waals surface area contributed by atoms with Crippen LogP contribution in [0.3, 0.4) is 0 Å². The van der Waals surface area contributed by atoms with E-state index in [1.165, 1.54) is 7.11 Å². The standard InChI is InChI=1S/C12H15NO3S/c1-8(13-2)11-6-9-4-5-10(16-3)7-12(9)17(11,14)15/h4-8,13H,1-3H3. The maximum Gasteiger partial charge on any atom is 0.205 e. The first-order valence-electron chi connectivity index (χ1n) is 5.32. The van der Waals surface area contributed by atoms with Crippen LogP contribution in [-0.4, -0.2) is 28.6 Å². The maximum absolute atomic E-state index is 12.3. The molecule has 0 aliphatic carbocycles. The zero-order valence-electron chi connectivity index (χ0n) is 10.0. The Morgan fingerprint density at radius 1 is 1.35 bits per heavy atom. The minimum Gasteiger partial charge on any atom is -0.497 e. The third kappa shape index (κ3) is 1.85. The highest BCUT2D eigenvalue weighted by molar-refractivity contribution is 7.96. The van der Waals surface area contributed by atoms with E-state index in [4.69, 9.17) is 4.74 Å². The molecule has 17 heavy (non-hydrogen) atoms. The van der Waals surface area contributed by atoms with Crippen molar-refractivity contribution in [1.29, 1.82) is 0 Å². The van der Waals surface area contributed by atoms with Crippen LogP contribution in [0.1, 0.15) is 12.5 Å². The number of nitrogens with one attached hydrogen (secondary N) is 1. The smallest absolute Gasteiger partial charge is 0.205 e. The van der Waals surface area contributed by atoms with E-state index in [2.05, 4.69) is 5.32 Å². The summed E-state index contributed by atoms with van der Waals surface area (Å²) in [4.78, 5) is 0.734. The van der Waals surface area contributed by atoms with Gasteiger partial charge in [-0.05, 0) is 43.8 Å². The molecule has 1 aromatic carbocycles. The van der Waals surface area contributed by atoms with Crippen molar-refractivity contribution in [2.45, 2.75) is 17.9 Å². The fourth-order valence-corrected chi connectivity index (χ4v) is 3.68. The van der Waals surface area contributed by atoms with Gasteiger partial charge >= 0.3 is 0 Å². The van der Waals surface area contributed by atoms with Gasteiger partial charge in [-0.3, -0.25) is 0 Å². The molecule has 0 amide bonds. The minimum atomic E-state index is -3.37. The molecule has 1 aliphatic heterocycles. The Morgan fingerprint density at radius 3 is 2.65 bits per heavy atom. The SMILES string of the molecule is CNC(C)C1=Cc2ccc(OC)cc2S1(=O)=O. The van der Waals surface area contributed by atoms with Crippen LogP contribution >= 0.6 is 0 Å². The van der Waals surface area contributed by atoms with Crippen molar-refractivity contribution in [3.8, 4) is 5.75 Å². The van der Waals surface area contributed by atoms with Crippen molar-refractivity contribution in [2.24, 2.45) is 0 Å². The Kier molecular flexibility index (Phi) is 2.97. The lowest BCUT2D eigenvalue weighted by Crippen LogP contribution is -2.26. The van der Waals surface area contributed by atoms with Crippen LogP contribution in [0.5, 0.6) is 5.75 Å². The molecule has 0 saturated heterocycles. The predicted molar refractivity (Wildman–Crippen MR) is 66.7 cm³/mol. The zero-order valence-corrected chi connectivity index (χ0v) is 10.8. The summed E-state index contributed by atoms with van der Waals surface area (Å²) in [5, 5.41) is 2.95. The highest BCUT2D eigenvalue weighted by Crippen LogP contribution is 2.36. The van der Waals surface area contributed by atoms with Crippen LogP contribution in [0.25, 0.3) is 6.08 Å². The Balaban J connectivity index is 2.56. The van der Waals surface area contributed by atoms with Gasteiger partial charge in [-0.15, -0.1) is 0 Å². The second-order valence-corrected chi connectivity index (χ2v) is 5.88. The molecule has 1 aromatic rings. The quantitative estimate of drug-likeness (QED) is 0.885. The Morgan fingerprint density at radius 2 is 2.06 bits per heavy atom. The van der Waals surface area contributed by atoms with Gasteiger partial charge in [-0.25, -0.2) is 8.42 Å². The van der Waals surface area contributed by atoms with E-state index in [9.17, 15) is 8.42 Å². The summed E-state index contributed by atoms with van der Waals surface area (Å²) in [7, 11) is -0.109. The first kappa shape index (κ1) is 12.1. The average Bonchev–Trinajstić information content (AvgIpc) is 2.60. The van der Waals surface area contributed by atoms with Crippen molar-refractivity contribution < 1.29 is 13.2 Å². The van der Waals surface area contributed by atoms with Crippen molar-refractivity contribution in [1.82, 2.24) is 5.32 Å². The van der Waals surface area contributed by atoms with Gasteiger partial charge in [0.15, 0.2) is 0 Å². The molecule has 4 nitrogen and oxygen atoms in total. The molecule has 1 atom stereocenters. The maximum atomic E-state index is 12.3. The molecule has 2 rings (SSSR count). The third-order valence-corrected chi connectivity index (χ3v) is 5.00. The molecule has 0 saturated carbocycles. The van der Waals surface area contributed by atoms with E-state index < -0.39 is 9.84 Å². The van der Waals surface area contributed by atoms with Crippen LogP contribution in [0.2, 0.25) is 0 Å². The molecule has 92 valence electrons. The van der Waals surface area contributed by atoms with Gasteiger partial charge < -0.3 is 10.1 Å². The lowest BCUT2D eigenvalue weighted by atomic mass is 10.2. The number of ether oxygens (including phenoxy) is 1. The predicted octanol–water partition coefficient (Wildman–Crippen LogP) is 1.43. The molecule has 0 radical (unpaired) electrons. The number of hydrogen-bond acceptors (Lipinski definition) is 4. The summed E-state index contributed by atoms with van der Waals surface area (Å²) < 4.78 is 29.6. The van der Waals surface area contributed by atoms with Crippen molar-refractivity contribution in [3.63, 3.8) is 0 Å². The number of fused-ring (bicyclic) bond motifs is 1. The van der Waals surface area contributed by atoms with Gasteiger partial charge in [0.1, 0.15) is 5.75 Å². The highest BCUT2D eigenvalue weighted by atomic mass is 32.2. The summed E-state index contributed by atoms with van der Waals surface area (Å²) >= 11 is 0.